The van der Waals surface area contributed by atoms with E-state index in [2.05, 4.69) is 10.5 Å². The second-order valence-corrected chi connectivity index (χ2v) is 4.98. The Bertz CT molecular complexity index is 850. The molecule has 0 aliphatic carbocycles. The molecule has 0 aliphatic heterocycles. The summed E-state index contributed by atoms with van der Waals surface area (Å²) in [5, 5.41) is 4.25. The average molecular weight is 321 g/mol. The molecule has 0 radical (unpaired) electrons. The lowest BCUT2D eigenvalue weighted by Crippen LogP contribution is -2.38. The predicted molar refractivity (Wildman–Crippen MR) is 83.4 cm³/mol. The lowest BCUT2D eigenvalue weighted by Gasteiger charge is -2.03. The van der Waals surface area contributed by atoms with Crippen molar-refractivity contribution < 1.29 is 4.79 Å². The van der Waals surface area contributed by atoms with E-state index in [1.165, 1.54) is 31.1 Å². The summed E-state index contributed by atoms with van der Waals surface area (Å²) in [5.74, 6) is -0.436. The van der Waals surface area contributed by atoms with Gasteiger partial charge < -0.3 is 4.57 Å². The van der Waals surface area contributed by atoms with E-state index in [-0.39, 0.29) is 5.56 Å². The number of nitrogens with one attached hydrogen (secondary N) is 1. The zero-order chi connectivity index (χ0) is 16.3. The molecule has 2 rings (SSSR count). The number of carbonyl (C=O) groups excluding carboxylic acids is 1. The second-order valence-electron chi connectivity index (χ2n) is 4.55. The van der Waals surface area contributed by atoms with Crippen LogP contribution in [-0.2, 0) is 14.1 Å². The predicted octanol–water partition coefficient (Wildman–Crippen LogP) is 0.501. The number of carbonyl (C=O) groups is 1. The molecule has 0 spiro atoms. The number of benzene rings is 1. The highest BCUT2D eigenvalue weighted by Gasteiger charge is 2.06. The molecule has 0 saturated heterocycles. The van der Waals surface area contributed by atoms with Crippen molar-refractivity contribution in [2.75, 3.05) is 0 Å². The van der Waals surface area contributed by atoms with Crippen LogP contribution in [0.2, 0.25) is 5.02 Å². The van der Waals surface area contributed by atoms with Crippen LogP contribution in [0.25, 0.3) is 0 Å². The molecular formula is C14H13ClN4O3. The van der Waals surface area contributed by atoms with Crippen molar-refractivity contribution in [1.29, 1.82) is 0 Å². The summed E-state index contributed by atoms with van der Waals surface area (Å²) < 4.78 is 2.21. The number of amides is 1. The number of rotatable bonds is 3. The van der Waals surface area contributed by atoms with Crippen molar-refractivity contribution in [1.82, 2.24) is 14.6 Å². The van der Waals surface area contributed by atoms with Gasteiger partial charge in [-0.05, 0) is 24.3 Å². The molecule has 1 aromatic heterocycles. The van der Waals surface area contributed by atoms with Gasteiger partial charge in [0.15, 0.2) is 0 Å². The largest absolute Gasteiger partial charge is 0.330 e. The summed E-state index contributed by atoms with van der Waals surface area (Å²) >= 11 is 5.73. The Hall–Kier alpha value is -2.67. The average Bonchev–Trinajstić information content (AvgIpc) is 2.50. The lowest BCUT2D eigenvalue weighted by molar-refractivity contribution is 0.0955. The zero-order valence-electron chi connectivity index (χ0n) is 11.9. The van der Waals surface area contributed by atoms with Crippen LogP contribution in [0.15, 0.2) is 45.2 Å². The van der Waals surface area contributed by atoms with Crippen LogP contribution in [0.1, 0.15) is 15.9 Å². The van der Waals surface area contributed by atoms with Crippen LogP contribution in [0.5, 0.6) is 0 Å². The van der Waals surface area contributed by atoms with E-state index in [0.717, 1.165) is 4.57 Å². The molecule has 0 saturated carbocycles. The monoisotopic (exact) mass is 320 g/mol. The second kappa shape index (κ2) is 6.40. The lowest BCUT2D eigenvalue weighted by atomic mass is 10.2. The third-order valence-electron chi connectivity index (χ3n) is 2.95. The van der Waals surface area contributed by atoms with Crippen LogP contribution in [0, 0.1) is 0 Å². The molecule has 1 aromatic carbocycles. The Morgan fingerprint density at radius 2 is 1.86 bits per heavy atom. The van der Waals surface area contributed by atoms with Gasteiger partial charge >= 0.3 is 5.69 Å². The van der Waals surface area contributed by atoms with Gasteiger partial charge in [-0.25, -0.2) is 10.2 Å². The topological polar surface area (TPSA) is 85.5 Å². The van der Waals surface area contributed by atoms with Crippen molar-refractivity contribution >= 4 is 23.7 Å². The molecule has 0 fully saturated rings. The Labute approximate surface area is 130 Å². The molecule has 22 heavy (non-hydrogen) atoms. The minimum absolute atomic E-state index is 0.181. The molecule has 1 N–H and O–H groups in total. The molecule has 0 aliphatic rings. The molecule has 0 atom stereocenters. The highest BCUT2D eigenvalue weighted by Crippen LogP contribution is 2.09. The van der Waals surface area contributed by atoms with E-state index in [9.17, 15) is 14.4 Å². The number of hydrogen-bond acceptors (Lipinski definition) is 4. The van der Waals surface area contributed by atoms with Gasteiger partial charge in [-0.2, -0.15) is 5.10 Å². The molecule has 114 valence electrons. The van der Waals surface area contributed by atoms with E-state index in [4.69, 9.17) is 11.6 Å². The van der Waals surface area contributed by atoms with Gasteiger partial charge in [0.25, 0.3) is 11.5 Å². The Kier molecular flexibility index (Phi) is 4.57. The third-order valence-corrected chi connectivity index (χ3v) is 3.20. The van der Waals surface area contributed by atoms with Crippen LogP contribution >= 0.6 is 11.6 Å². The van der Waals surface area contributed by atoms with Crippen molar-refractivity contribution in [3.05, 3.63) is 67.4 Å². The zero-order valence-corrected chi connectivity index (χ0v) is 12.7. The molecule has 2 aromatic rings. The van der Waals surface area contributed by atoms with E-state index < -0.39 is 17.2 Å². The Morgan fingerprint density at radius 3 is 2.50 bits per heavy atom. The maximum atomic E-state index is 11.9. The van der Waals surface area contributed by atoms with Gasteiger partial charge in [0.05, 0.1) is 11.8 Å². The Balaban J connectivity index is 2.17. The minimum Gasteiger partial charge on any atom is -0.303 e. The summed E-state index contributed by atoms with van der Waals surface area (Å²) in [7, 11) is 2.89. The molecular weight excluding hydrogens is 308 g/mol. The summed E-state index contributed by atoms with van der Waals surface area (Å²) in [6.45, 7) is 0. The van der Waals surface area contributed by atoms with Gasteiger partial charge in [0.2, 0.25) is 0 Å². The first-order chi connectivity index (χ1) is 10.4. The van der Waals surface area contributed by atoms with E-state index >= 15 is 0 Å². The Morgan fingerprint density at radius 1 is 1.23 bits per heavy atom. The maximum absolute atomic E-state index is 11.9. The van der Waals surface area contributed by atoms with Crippen LogP contribution in [0.3, 0.4) is 0 Å². The fourth-order valence-electron chi connectivity index (χ4n) is 1.75. The first-order valence-corrected chi connectivity index (χ1v) is 6.63. The van der Waals surface area contributed by atoms with Gasteiger partial charge in [-0.3, -0.25) is 14.2 Å². The van der Waals surface area contributed by atoms with Gasteiger partial charge in [-0.1, -0.05) is 11.6 Å². The van der Waals surface area contributed by atoms with E-state index in [0.29, 0.717) is 10.6 Å². The maximum Gasteiger partial charge on any atom is 0.330 e. The first-order valence-electron chi connectivity index (χ1n) is 6.26. The number of hydrogen-bond donors (Lipinski definition) is 1. The summed E-state index contributed by atoms with van der Waals surface area (Å²) in [5.41, 5.74) is 1.93. The standard InChI is InChI=1S/C14H13ClN4O3/c1-18-8-10(13(21)19(2)14(18)22)7-16-17-12(20)9-3-5-11(15)6-4-9/h3-8H,1-2H3,(H,17,20). The smallest absolute Gasteiger partial charge is 0.303 e. The molecule has 8 heteroatoms. The molecule has 0 bridgehead atoms. The van der Waals surface area contributed by atoms with Crippen molar-refractivity contribution in [3.63, 3.8) is 0 Å². The van der Waals surface area contributed by atoms with Crippen molar-refractivity contribution in [2.45, 2.75) is 0 Å². The van der Waals surface area contributed by atoms with Gasteiger partial charge in [0.1, 0.15) is 0 Å². The van der Waals surface area contributed by atoms with Gasteiger partial charge in [-0.15, -0.1) is 0 Å². The number of aromatic nitrogens is 2. The fraction of sp³-hybridized carbons (Fsp3) is 0.143. The highest BCUT2D eigenvalue weighted by atomic mass is 35.5. The SMILES string of the molecule is Cn1cc(C=NNC(=O)c2ccc(Cl)cc2)c(=O)n(C)c1=O. The summed E-state index contributed by atoms with van der Waals surface area (Å²) in [4.78, 5) is 35.2. The summed E-state index contributed by atoms with van der Waals surface area (Å²) in [6, 6.07) is 6.28. The number of halogens is 1. The minimum atomic E-state index is -0.493. The molecule has 1 heterocycles. The quantitative estimate of drug-likeness (QED) is 0.660. The van der Waals surface area contributed by atoms with Crippen LogP contribution in [0.4, 0.5) is 0 Å². The molecule has 7 nitrogen and oxygen atoms in total. The normalized spacial score (nSPS) is 10.9. The third kappa shape index (κ3) is 3.32. The fourth-order valence-corrected chi connectivity index (χ4v) is 1.88. The molecule has 0 unspecified atom stereocenters. The first kappa shape index (κ1) is 15.7. The van der Waals surface area contributed by atoms with Crippen LogP contribution < -0.4 is 16.7 Å². The van der Waals surface area contributed by atoms with Crippen molar-refractivity contribution in [2.24, 2.45) is 19.2 Å². The number of aryl methyl sites for hydroxylation is 1. The summed E-state index contributed by atoms with van der Waals surface area (Å²) in [6.07, 6.45) is 2.54. The van der Waals surface area contributed by atoms with Crippen molar-refractivity contribution in [3.8, 4) is 0 Å². The van der Waals surface area contributed by atoms with E-state index in [1.807, 2.05) is 0 Å². The van der Waals surface area contributed by atoms with Gasteiger partial charge in [0, 0.05) is 30.9 Å². The van der Waals surface area contributed by atoms with Crippen LogP contribution in [-0.4, -0.2) is 21.3 Å². The number of hydrazone groups is 1. The molecule has 1 amide bonds. The van der Waals surface area contributed by atoms with E-state index in [1.54, 1.807) is 24.3 Å². The number of nitrogens with zero attached hydrogens (tertiary/aromatic N) is 3. The highest BCUT2D eigenvalue weighted by molar-refractivity contribution is 6.30.